The Kier molecular flexibility index (Phi) is 5.99. The molecule has 158 valence electrons. The van der Waals surface area contributed by atoms with Crippen LogP contribution in [0.5, 0.6) is 11.5 Å². The zero-order valence-corrected chi connectivity index (χ0v) is 18.8. The lowest BCUT2D eigenvalue weighted by Crippen LogP contribution is -2.42. The Morgan fingerprint density at radius 2 is 1.83 bits per heavy atom. The predicted molar refractivity (Wildman–Crippen MR) is 117 cm³/mol. The molecule has 1 atom stereocenters. The normalized spacial score (nSPS) is 18.6. The number of rotatable bonds is 5. The number of fused-ring (bicyclic) bond motifs is 3. The fourth-order valence-electron chi connectivity index (χ4n) is 4.33. The van der Waals surface area contributed by atoms with Crippen molar-refractivity contribution < 1.29 is 19.1 Å². The van der Waals surface area contributed by atoms with E-state index >= 15 is 0 Å². The van der Waals surface area contributed by atoms with Crippen LogP contribution in [0.15, 0.2) is 40.9 Å². The minimum Gasteiger partial charge on any atom is -0.493 e. The molecule has 0 aromatic heterocycles. The second-order valence-electron chi connectivity index (χ2n) is 7.65. The molecule has 1 fully saturated rings. The molecule has 0 bridgehead atoms. The third-order valence-corrected chi connectivity index (χ3v) is 6.44. The molecule has 7 heteroatoms. The van der Waals surface area contributed by atoms with E-state index in [-0.39, 0.29) is 24.4 Å². The Morgan fingerprint density at radius 1 is 1.03 bits per heavy atom. The summed E-state index contributed by atoms with van der Waals surface area (Å²) in [6, 6.07) is 11.7. The van der Waals surface area contributed by atoms with Gasteiger partial charge >= 0.3 is 0 Å². The van der Waals surface area contributed by atoms with Crippen LogP contribution >= 0.6 is 15.9 Å². The van der Waals surface area contributed by atoms with Crippen LogP contribution in [0.2, 0.25) is 0 Å². The van der Waals surface area contributed by atoms with Gasteiger partial charge in [0.2, 0.25) is 11.8 Å². The lowest BCUT2D eigenvalue weighted by molar-refractivity contribution is -0.136. The maximum atomic E-state index is 13.0. The summed E-state index contributed by atoms with van der Waals surface area (Å²) >= 11 is 3.52. The van der Waals surface area contributed by atoms with E-state index in [1.54, 1.807) is 19.1 Å². The highest BCUT2D eigenvalue weighted by atomic mass is 79.9. The molecular weight excluding hydrogens is 448 g/mol. The second kappa shape index (κ2) is 8.68. The van der Waals surface area contributed by atoms with E-state index in [2.05, 4.69) is 22.0 Å². The van der Waals surface area contributed by atoms with Gasteiger partial charge in [-0.05, 0) is 53.8 Å². The number of carbonyl (C=O) groups is 2. The van der Waals surface area contributed by atoms with Crippen LogP contribution in [0.4, 0.5) is 0 Å². The summed E-state index contributed by atoms with van der Waals surface area (Å²) in [5, 5.41) is 0. The number of benzene rings is 2. The van der Waals surface area contributed by atoms with Gasteiger partial charge in [-0.15, -0.1) is 0 Å². The molecule has 0 radical (unpaired) electrons. The number of amides is 2. The summed E-state index contributed by atoms with van der Waals surface area (Å²) in [4.78, 5) is 29.6. The molecule has 0 N–H and O–H groups in total. The van der Waals surface area contributed by atoms with Crippen LogP contribution in [-0.4, -0.2) is 55.5 Å². The van der Waals surface area contributed by atoms with E-state index in [0.717, 1.165) is 22.0 Å². The first-order valence-electron chi connectivity index (χ1n) is 10.1. The van der Waals surface area contributed by atoms with Crippen LogP contribution in [0, 0.1) is 0 Å². The van der Waals surface area contributed by atoms with Crippen LogP contribution in [0.1, 0.15) is 29.2 Å². The van der Waals surface area contributed by atoms with E-state index in [9.17, 15) is 9.59 Å². The highest BCUT2D eigenvalue weighted by molar-refractivity contribution is 9.10. The highest BCUT2D eigenvalue weighted by Gasteiger charge is 2.37. The van der Waals surface area contributed by atoms with Crippen molar-refractivity contribution in [1.82, 2.24) is 9.80 Å². The van der Waals surface area contributed by atoms with Gasteiger partial charge in [-0.25, -0.2) is 0 Å². The van der Waals surface area contributed by atoms with Crippen molar-refractivity contribution >= 4 is 27.7 Å². The van der Waals surface area contributed by atoms with Crippen LogP contribution < -0.4 is 9.47 Å². The minimum atomic E-state index is -0.183. The Bertz CT molecular complexity index is 978. The third-order valence-electron chi connectivity index (χ3n) is 5.95. The van der Waals surface area contributed by atoms with Gasteiger partial charge < -0.3 is 19.3 Å². The molecule has 6 nitrogen and oxygen atoms in total. The topological polar surface area (TPSA) is 59.1 Å². The Balaban J connectivity index is 1.51. The van der Waals surface area contributed by atoms with Gasteiger partial charge in [0.25, 0.3) is 0 Å². The molecule has 4 rings (SSSR count). The maximum absolute atomic E-state index is 13.0. The molecule has 0 aliphatic carbocycles. The van der Waals surface area contributed by atoms with Crippen molar-refractivity contribution in [2.75, 3.05) is 33.9 Å². The van der Waals surface area contributed by atoms with Gasteiger partial charge in [-0.3, -0.25) is 9.59 Å². The van der Waals surface area contributed by atoms with Crippen molar-refractivity contribution in [3.63, 3.8) is 0 Å². The molecular formula is C23H25BrN2O4. The lowest BCUT2D eigenvalue weighted by Gasteiger charge is -2.35. The average Bonchev–Trinajstić information content (AvgIpc) is 2.88. The molecule has 30 heavy (non-hydrogen) atoms. The van der Waals surface area contributed by atoms with E-state index in [0.29, 0.717) is 37.4 Å². The van der Waals surface area contributed by atoms with Gasteiger partial charge in [0.05, 0.1) is 33.2 Å². The van der Waals surface area contributed by atoms with Crippen LogP contribution in [-0.2, 0) is 22.4 Å². The number of nitrogens with zero attached hydrogens (tertiary/aromatic N) is 2. The SMILES string of the molecule is COc1ccc(CCN2CC(=O)N3CCc4ccc(Br)cc4C3CC2=O)cc1OC. The molecule has 2 aliphatic heterocycles. The summed E-state index contributed by atoms with van der Waals surface area (Å²) < 4.78 is 11.6. The predicted octanol–water partition coefficient (Wildman–Crippen LogP) is 3.37. The first-order valence-corrected chi connectivity index (χ1v) is 10.9. The first-order chi connectivity index (χ1) is 14.5. The molecule has 1 saturated heterocycles. The van der Waals surface area contributed by atoms with Gasteiger partial charge in [-0.2, -0.15) is 0 Å². The number of hydrogen-bond donors (Lipinski definition) is 0. The Morgan fingerprint density at radius 3 is 2.60 bits per heavy atom. The molecule has 0 spiro atoms. The van der Waals surface area contributed by atoms with Gasteiger partial charge in [0, 0.05) is 17.6 Å². The van der Waals surface area contributed by atoms with E-state index in [1.165, 1.54) is 5.56 Å². The zero-order valence-electron chi connectivity index (χ0n) is 17.2. The Hall–Kier alpha value is -2.54. The molecule has 2 amide bonds. The Labute approximate surface area is 184 Å². The van der Waals surface area contributed by atoms with E-state index in [4.69, 9.17) is 9.47 Å². The highest BCUT2D eigenvalue weighted by Crippen LogP contribution is 2.36. The van der Waals surface area contributed by atoms with Crippen LogP contribution in [0.25, 0.3) is 0 Å². The van der Waals surface area contributed by atoms with Crippen LogP contribution in [0.3, 0.4) is 0 Å². The molecule has 0 saturated carbocycles. The summed E-state index contributed by atoms with van der Waals surface area (Å²) in [5.41, 5.74) is 3.34. The second-order valence-corrected chi connectivity index (χ2v) is 8.57. The summed E-state index contributed by atoms with van der Waals surface area (Å²) in [7, 11) is 3.20. The fourth-order valence-corrected chi connectivity index (χ4v) is 4.71. The first kappa shape index (κ1) is 20.7. The standard InChI is InChI=1S/C23H25BrN2O4/c1-29-20-6-3-15(11-21(20)30-2)7-9-25-14-23(28)26-10-8-16-4-5-17(24)12-18(16)19(26)13-22(25)27/h3-6,11-12,19H,7-10,13-14H2,1-2H3. The molecule has 2 aliphatic rings. The largest absolute Gasteiger partial charge is 0.493 e. The zero-order chi connectivity index (χ0) is 21.3. The van der Waals surface area contributed by atoms with E-state index < -0.39 is 0 Å². The maximum Gasteiger partial charge on any atom is 0.242 e. The smallest absolute Gasteiger partial charge is 0.242 e. The fraction of sp³-hybridized carbons (Fsp3) is 0.391. The van der Waals surface area contributed by atoms with Crippen molar-refractivity contribution in [1.29, 1.82) is 0 Å². The van der Waals surface area contributed by atoms with Gasteiger partial charge in [-0.1, -0.05) is 28.1 Å². The van der Waals surface area contributed by atoms with E-state index in [1.807, 2.05) is 35.2 Å². The summed E-state index contributed by atoms with van der Waals surface area (Å²) in [6.45, 7) is 1.28. The average molecular weight is 473 g/mol. The monoisotopic (exact) mass is 472 g/mol. The van der Waals surface area contributed by atoms with Crippen molar-refractivity contribution in [3.8, 4) is 11.5 Å². The minimum absolute atomic E-state index is 0.0174. The third kappa shape index (κ3) is 4.03. The van der Waals surface area contributed by atoms with Crippen molar-refractivity contribution in [3.05, 3.63) is 57.6 Å². The molecule has 2 aromatic rings. The van der Waals surface area contributed by atoms with Gasteiger partial charge in [0.1, 0.15) is 0 Å². The number of carbonyl (C=O) groups excluding carboxylic acids is 2. The molecule has 2 heterocycles. The van der Waals surface area contributed by atoms with Gasteiger partial charge in [0.15, 0.2) is 11.5 Å². The quantitative estimate of drug-likeness (QED) is 0.669. The summed E-state index contributed by atoms with van der Waals surface area (Å²) in [6.07, 6.45) is 1.79. The van der Waals surface area contributed by atoms with Crippen molar-refractivity contribution in [2.24, 2.45) is 0 Å². The number of ether oxygens (including phenoxy) is 2. The summed E-state index contributed by atoms with van der Waals surface area (Å²) in [5.74, 6) is 1.37. The number of hydrogen-bond acceptors (Lipinski definition) is 4. The molecule has 2 aromatic carbocycles. The van der Waals surface area contributed by atoms with Crippen molar-refractivity contribution in [2.45, 2.75) is 25.3 Å². The number of halogens is 1. The number of methoxy groups -OCH3 is 2. The lowest BCUT2D eigenvalue weighted by atomic mass is 9.91. The molecule has 1 unspecified atom stereocenters.